The fourth-order valence-electron chi connectivity index (χ4n) is 4.75. The van der Waals surface area contributed by atoms with Gasteiger partial charge in [-0.1, -0.05) is 0 Å². The van der Waals surface area contributed by atoms with Gasteiger partial charge in [0.1, 0.15) is 11.9 Å². The first-order valence-electron chi connectivity index (χ1n) is 12.0. The van der Waals surface area contributed by atoms with E-state index in [2.05, 4.69) is 15.3 Å². The van der Waals surface area contributed by atoms with Crippen LogP contribution in [-0.2, 0) is 19.1 Å². The molecule has 1 aromatic rings. The lowest BCUT2D eigenvalue weighted by Crippen LogP contribution is -2.60. The Morgan fingerprint density at radius 2 is 1.97 bits per heavy atom. The smallest absolute Gasteiger partial charge is 0.373 e. The Morgan fingerprint density at radius 3 is 2.64 bits per heavy atom. The molecule has 3 aliphatic heterocycles. The monoisotopic (exact) mass is 510 g/mol. The van der Waals surface area contributed by atoms with Crippen LogP contribution in [0.2, 0.25) is 0 Å². The zero-order valence-electron chi connectivity index (χ0n) is 19.7. The maximum absolute atomic E-state index is 13.3. The molecule has 3 saturated heterocycles. The van der Waals surface area contributed by atoms with Crippen LogP contribution < -0.4 is 15.8 Å². The lowest BCUT2D eigenvalue weighted by atomic mass is 9.98. The summed E-state index contributed by atoms with van der Waals surface area (Å²) in [5.41, 5.74) is 4.92. The normalized spacial score (nSPS) is 27.3. The van der Waals surface area contributed by atoms with Crippen LogP contribution in [0.1, 0.15) is 31.2 Å². The molecule has 196 valence electrons. The van der Waals surface area contributed by atoms with Crippen LogP contribution in [0.15, 0.2) is 18.3 Å². The second kappa shape index (κ2) is 11.4. The molecule has 10 nitrogen and oxygen atoms in total. The molecule has 13 heteroatoms. The summed E-state index contributed by atoms with van der Waals surface area (Å²) < 4.78 is 51.3. The minimum Gasteiger partial charge on any atom is -0.373 e. The number of aromatic nitrogens is 1. The predicted octanol–water partition coefficient (Wildman–Crippen LogP) is 1.13. The van der Waals surface area contributed by atoms with Gasteiger partial charge in [-0.05, 0) is 31.4 Å². The number of hydrazine groups is 1. The number of nitrogens with zero attached hydrogens (tertiary/aromatic N) is 4. The Kier molecular flexibility index (Phi) is 8.28. The fourth-order valence-corrected chi connectivity index (χ4v) is 4.75. The van der Waals surface area contributed by atoms with Crippen molar-refractivity contribution in [3.63, 3.8) is 0 Å². The molecule has 4 atom stereocenters. The molecular weight excluding hydrogens is 481 g/mol. The number of pyridine rings is 1. The largest absolute Gasteiger partial charge is 0.403 e. The van der Waals surface area contributed by atoms with Crippen molar-refractivity contribution >= 4 is 17.6 Å². The number of anilines is 1. The molecule has 0 aromatic carbocycles. The van der Waals surface area contributed by atoms with Crippen molar-refractivity contribution in [1.29, 1.82) is 5.26 Å². The zero-order valence-corrected chi connectivity index (χ0v) is 19.7. The highest BCUT2D eigenvalue weighted by Crippen LogP contribution is 2.32. The van der Waals surface area contributed by atoms with Crippen molar-refractivity contribution < 1.29 is 32.2 Å². The van der Waals surface area contributed by atoms with Gasteiger partial charge in [-0.2, -0.15) is 18.4 Å². The van der Waals surface area contributed by atoms with Crippen LogP contribution in [0.5, 0.6) is 0 Å². The van der Waals surface area contributed by atoms with Crippen molar-refractivity contribution in [2.75, 3.05) is 44.2 Å². The van der Waals surface area contributed by atoms with E-state index >= 15 is 0 Å². The fraction of sp³-hybridized carbons (Fsp3) is 0.652. The van der Waals surface area contributed by atoms with Gasteiger partial charge in [0.25, 0.3) is 0 Å². The molecule has 2 unspecified atom stereocenters. The number of carbonyl (C=O) groups is 2. The van der Waals surface area contributed by atoms with E-state index in [4.69, 9.17) is 14.7 Å². The van der Waals surface area contributed by atoms with Crippen LogP contribution >= 0.6 is 0 Å². The number of nitrogens with one attached hydrogen (secondary N) is 2. The predicted molar refractivity (Wildman–Crippen MR) is 120 cm³/mol. The molecular formula is C23H29F3N6O4. The van der Waals surface area contributed by atoms with Crippen LogP contribution in [0.4, 0.5) is 19.0 Å². The second-order valence-corrected chi connectivity index (χ2v) is 9.16. The van der Waals surface area contributed by atoms with E-state index < -0.39 is 30.2 Å². The first kappa shape index (κ1) is 26.1. The molecule has 3 fully saturated rings. The molecule has 0 saturated carbocycles. The maximum atomic E-state index is 13.3. The molecule has 0 aliphatic carbocycles. The van der Waals surface area contributed by atoms with Gasteiger partial charge < -0.3 is 19.3 Å². The van der Waals surface area contributed by atoms with E-state index in [9.17, 15) is 22.8 Å². The van der Waals surface area contributed by atoms with Gasteiger partial charge in [-0.25, -0.2) is 10.4 Å². The molecule has 0 radical (unpaired) electrons. The SMILES string of the molecule is N#Cc1ccc(N2CCN(C(=O)C[C@@H]3CCC[C@@H](COC4CNNC(=O)C4C(F)(F)F)O3)CC2)nc1. The van der Waals surface area contributed by atoms with Crippen molar-refractivity contribution in [1.82, 2.24) is 20.7 Å². The Labute approximate surface area is 206 Å². The third-order valence-electron chi connectivity index (χ3n) is 6.69. The highest BCUT2D eigenvalue weighted by atomic mass is 19.4. The van der Waals surface area contributed by atoms with Crippen molar-refractivity contribution in [3.8, 4) is 6.07 Å². The van der Waals surface area contributed by atoms with E-state index in [1.54, 1.807) is 17.0 Å². The molecule has 0 spiro atoms. The number of halogens is 3. The summed E-state index contributed by atoms with van der Waals surface area (Å²) >= 11 is 0. The van der Waals surface area contributed by atoms with Gasteiger partial charge in [-0.3, -0.25) is 15.0 Å². The number of carbonyl (C=O) groups excluding carboxylic acids is 2. The highest BCUT2D eigenvalue weighted by molar-refractivity contribution is 5.80. The van der Waals surface area contributed by atoms with E-state index in [1.807, 2.05) is 11.5 Å². The van der Waals surface area contributed by atoms with Gasteiger partial charge >= 0.3 is 6.18 Å². The van der Waals surface area contributed by atoms with Crippen molar-refractivity contribution in [2.24, 2.45) is 5.92 Å². The number of nitriles is 1. The summed E-state index contributed by atoms with van der Waals surface area (Å²) in [4.78, 5) is 32.7. The minimum atomic E-state index is -4.71. The van der Waals surface area contributed by atoms with E-state index in [0.29, 0.717) is 44.6 Å². The quantitative estimate of drug-likeness (QED) is 0.585. The molecule has 4 heterocycles. The van der Waals surface area contributed by atoms with Gasteiger partial charge in [-0.15, -0.1) is 0 Å². The Morgan fingerprint density at radius 1 is 1.22 bits per heavy atom. The summed E-state index contributed by atoms with van der Waals surface area (Å²) in [6.45, 7) is 2.08. The van der Waals surface area contributed by atoms with Gasteiger partial charge in [0.05, 0.1) is 36.9 Å². The average molecular weight is 511 g/mol. The Balaban J connectivity index is 1.22. The molecule has 1 aromatic heterocycles. The van der Waals surface area contributed by atoms with E-state index in [0.717, 1.165) is 12.2 Å². The summed E-state index contributed by atoms with van der Waals surface area (Å²) in [7, 11) is 0. The minimum absolute atomic E-state index is 0.0284. The number of alkyl halides is 3. The zero-order chi connectivity index (χ0) is 25.7. The maximum Gasteiger partial charge on any atom is 0.403 e. The summed E-state index contributed by atoms with van der Waals surface area (Å²) in [5, 5.41) is 8.90. The molecule has 2 N–H and O–H groups in total. The van der Waals surface area contributed by atoms with Gasteiger partial charge in [0.2, 0.25) is 11.8 Å². The summed E-state index contributed by atoms with van der Waals surface area (Å²) in [6.07, 6.45) is -3.01. The van der Waals surface area contributed by atoms with Crippen molar-refractivity contribution in [3.05, 3.63) is 23.9 Å². The molecule has 3 aliphatic rings. The van der Waals surface area contributed by atoms with Gasteiger partial charge in [0.15, 0.2) is 5.92 Å². The highest BCUT2D eigenvalue weighted by Gasteiger charge is 2.52. The van der Waals surface area contributed by atoms with Crippen LogP contribution in [0, 0.1) is 17.2 Å². The number of piperazine rings is 1. The number of hydrogen-bond donors (Lipinski definition) is 2. The van der Waals surface area contributed by atoms with Gasteiger partial charge in [0, 0.05) is 38.9 Å². The summed E-state index contributed by atoms with van der Waals surface area (Å²) in [6, 6.07) is 5.54. The average Bonchev–Trinajstić information content (AvgIpc) is 2.87. The number of hydrogen-bond acceptors (Lipinski definition) is 8. The van der Waals surface area contributed by atoms with Crippen LogP contribution in [0.3, 0.4) is 0 Å². The molecule has 0 bridgehead atoms. The summed E-state index contributed by atoms with van der Waals surface area (Å²) in [5.74, 6) is -2.67. The third kappa shape index (κ3) is 6.43. The Hall–Kier alpha value is -2.95. The lowest BCUT2D eigenvalue weighted by Gasteiger charge is -2.37. The topological polar surface area (TPSA) is 120 Å². The second-order valence-electron chi connectivity index (χ2n) is 9.16. The van der Waals surface area contributed by atoms with Crippen LogP contribution in [0.25, 0.3) is 0 Å². The standard InChI is InChI=1S/C23H29F3N6O4/c24-23(25,26)21-18(13-29-30-22(21)34)35-14-17-3-1-2-16(36-17)10-20(33)32-8-6-31(7-9-32)19-5-4-15(11-27)12-28-19/h4-5,12,16-18,21,29H,1-3,6-10,13-14H2,(H,30,34)/t16-,17-,18?,21?/m0/s1. The van der Waals surface area contributed by atoms with E-state index in [-0.39, 0.29) is 31.6 Å². The number of amides is 2. The Bertz CT molecular complexity index is 962. The number of ether oxygens (including phenoxy) is 2. The van der Waals surface area contributed by atoms with E-state index in [1.165, 1.54) is 6.20 Å². The molecule has 2 amide bonds. The lowest BCUT2D eigenvalue weighted by molar-refractivity contribution is -0.218. The first-order chi connectivity index (χ1) is 17.2. The number of rotatable bonds is 6. The van der Waals surface area contributed by atoms with Crippen LogP contribution in [-0.4, -0.2) is 85.5 Å². The molecule has 4 rings (SSSR count). The van der Waals surface area contributed by atoms with Crippen molar-refractivity contribution in [2.45, 2.75) is 50.2 Å². The third-order valence-corrected chi connectivity index (χ3v) is 6.69. The first-order valence-corrected chi connectivity index (χ1v) is 12.0. The molecule has 36 heavy (non-hydrogen) atoms.